The van der Waals surface area contributed by atoms with E-state index in [9.17, 15) is 0 Å². The van der Waals surface area contributed by atoms with E-state index in [4.69, 9.17) is 25.0 Å². The molecule has 0 radical (unpaired) electrons. The Labute approximate surface area is 393 Å². The van der Waals surface area contributed by atoms with Crippen molar-refractivity contribution in [2.75, 3.05) is 0 Å². The molecule has 5 aromatic carbocycles. The molecule has 0 fully saturated rings. The van der Waals surface area contributed by atoms with Crippen LogP contribution < -0.4 is 16.5 Å². The van der Waals surface area contributed by atoms with Crippen LogP contribution in [0, 0.1) is 5.92 Å². The molecule has 0 saturated carbocycles. The number of nitrogens with zero attached hydrogens (tertiary/aromatic N) is 7. The molecule has 2 atom stereocenters. The molecule has 0 bridgehead atoms. The van der Waals surface area contributed by atoms with Gasteiger partial charge in [-0.1, -0.05) is 111 Å². The van der Waals surface area contributed by atoms with Crippen molar-refractivity contribution in [1.29, 1.82) is 0 Å². The molecule has 10 nitrogen and oxygen atoms in total. The van der Waals surface area contributed by atoms with E-state index < -0.39 is 0 Å². The lowest BCUT2D eigenvalue weighted by Gasteiger charge is -2.29. The average molecular weight is 889 g/mol. The Morgan fingerprint density at radius 1 is 0.706 bits per heavy atom. The molecule has 0 aliphatic heterocycles. The Morgan fingerprint density at radius 3 is 2.09 bits per heavy atom. The fraction of sp³-hybridized carbons (Fsp3) is 0.155. The fourth-order valence-corrected chi connectivity index (χ4v) is 10.3. The van der Waals surface area contributed by atoms with Crippen molar-refractivity contribution in [1.82, 2.24) is 29.3 Å². The minimum atomic E-state index is -0.230. The molecule has 332 valence electrons. The first-order valence-corrected chi connectivity index (χ1v) is 23.3. The zero-order chi connectivity index (χ0) is 45.9. The number of ether oxygens (including phenoxy) is 1. The highest BCUT2D eigenvalue weighted by molar-refractivity contribution is 5.97. The number of rotatable bonds is 9. The van der Waals surface area contributed by atoms with Gasteiger partial charge in [0.05, 0.1) is 21.7 Å². The monoisotopic (exact) mass is 888 g/mol. The second-order valence-electron chi connectivity index (χ2n) is 18.3. The number of aromatic nitrogens is 6. The van der Waals surface area contributed by atoms with Crippen LogP contribution in [0.2, 0.25) is 0 Å². The van der Waals surface area contributed by atoms with Gasteiger partial charge in [0, 0.05) is 50.7 Å². The summed E-state index contributed by atoms with van der Waals surface area (Å²) in [6.07, 6.45) is 21.9. The number of hydrogen-bond donors (Lipinski definition) is 1. The van der Waals surface area contributed by atoms with Gasteiger partial charge in [0.2, 0.25) is 17.7 Å². The van der Waals surface area contributed by atoms with E-state index in [1.807, 2.05) is 48.5 Å². The van der Waals surface area contributed by atoms with Crippen LogP contribution in [0.15, 0.2) is 174 Å². The summed E-state index contributed by atoms with van der Waals surface area (Å²) >= 11 is 0. The summed E-state index contributed by atoms with van der Waals surface area (Å²) in [6.45, 7) is 8.99. The molecule has 2 N–H and O–H groups in total. The highest BCUT2D eigenvalue weighted by atomic mass is 16.5. The molecule has 12 rings (SSSR count). The van der Waals surface area contributed by atoms with E-state index in [0.29, 0.717) is 23.4 Å². The highest BCUT2D eigenvalue weighted by Gasteiger charge is 2.46. The maximum Gasteiger partial charge on any atom is 0.248 e. The number of allylic oxidation sites excluding steroid dienone is 8. The summed E-state index contributed by atoms with van der Waals surface area (Å²) in [6, 6.07) is 41.4. The highest BCUT2D eigenvalue weighted by Crippen LogP contribution is 2.54. The molecule has 3 heterocycles. The van der Waals surface area contributed by atoms with Gasteiger partial charge in [0.1, 0.15) is 17.4 Å². The van der Waals surface area contributed by atoms with Gasteiger partial charge in [0.25, 0.3) is 0 Å². The smallest absolute Gasteiger partial charge is 0.248 e. The van der Waals surface area contributed by atoms with Gasteiger partial charge in [-0.05, 0) is 127 Å². The third-order valence-corrected chi connectivity index (χ3v) is 13.8. The third-order valence-electron chi connectivity index (χ3n) is 13.8. The lowest BCUT2D eigenvalue weighted by Crippen LogP contribution is -2.38. The van der Waals surface area contributed by atoms with Gasteiger partial charge in [-0.2, -0.15) is 0 Å². The summed E-state index contributed by atoms with van der Waals surface area (Å²) in [7, 11) is 0. The van der Waals surface area contributed by atoms with E-state index in [0.717, 1.165) is 104 Å². The molecule has 0 amide bonds. The SMILES string of the molecule is C=C(O/C(=N\N)c1ccccc1)c1ccc(-n2c(C3=CCCC=C3)nc3cc4c(cc32)C(C)(C)C2C=c3c(nc(-c5ccccc5)n3-c3ccc(-c5nnc(C6=CCCC=C6)o5)cc3)=CC42)cc1. The van der Waals surface area contributed by atoms with E-state index in [-0.39, 0.29) is 17.3 Å². The maximum atomic E-state index is 6.16. The lowest BCUT2D eigenvalue weighted by molar-refractivity contribution is 0.421. The second-order valence-corrected chi connectivity index (χ2v) is 18.3. The normalized spacial score (nSPS) is 17.9. The molecule has 2 unspecified atom stereocenters. The van der Waals surface area contributed by atoms with E-state index >= 15 is 0 Å². The van der Waals surface area contributed by atoms with Crippen LogP contribution in [0.5, 0.6) is 0 Å². The van der Waals surface area contributed by atoms with E-state index in [1.165, 1.54) is 11.1 Å². The number of fused-ring (bicyclic) bond motifs is 5. The molecule has 68 heavy (non-hydrogen) atoms. The molecule has 0 spiro atoms. The van der Waals surface area contributed by atoms with Crippen LogP contribution >= 0.6 is 0 Å². The summed E-state index contributed by atoms with van der Waals surface area (Å²) in [5.74, 6) is 9.62. The van der Waals surface area contributed by atoms with Gasteiger partial charge >= 0.3 is 0 Å². The molecule has 3 aromatic heterocycles. The summed E-state index contributed by atoms with van der Waals surface area (Å²) < 4.78 is 16.9. The molecule has 4 aliphatic rings. The van der Waals surface area contributed by atoms with Crippen molar-refractivity contribution in [3.05, 3.63) is 209 Å². The summed E-state index contributed by atoms with van der Waals surface area (Å²) in [5, 5.41) is 14.7. The summed E-state index contributed by atoms with van der Waals surface area (Å²) in [4.78, 5) is 10.8. The Hall–Kier alpha value is -8.37. The van der Waals surface area contributed by atoms with Crippen LogP contribution in [-0.4, -0.2) is 35.2 Å². The maximum absolute atomic E-state index is 6.16. The molecule has 0 saturated heterocycles. The first-order chi connectivity index (χ1) is 33.3. The number of nitrogens with two attached hydrogens (primary N) is 1. The predicted molar refractivity (Wildman–Crippen MR) is 271 cm³/mol. The number of hydrazone groups is 1. The lowest BCUT2D eigenvalue weighted by atomic mass is 9.74. The van der Waals surface area contributed by atoms with Crippen LogP contribution in [0.25, 0.3) is 74.3 Å². The van der Waals surface area contributed by atoms with Crippen molar-refractivity contribution in [3.63, 3.8) is 0 Å². The van der Waals surface area contributed by atoms with Gasteiger partial charge in [-0.15, -0.1) is 15.3 Å². The molecular weight excluding hydrogens is 841 g/mol. The molecular formula is C58H48N8O2. The van der Waals surface area contributed by atoms with Gasteiger partial charge < -0.3 is 15.0 Å². The molecule has 10 heteroatoms. The standard InChI is InChI=1S/C58H48N8O2/c1-36(67-55(62-59)40-20-12-6-13-21-40)37-24-28-43(29-25-37)65-51-34-47-45(32-49(51)60-53(65)38-16-8-4-9-17-38)46-33-50-52(35-48(46)58(47,2)3)66(54(61-50)39-18-10-5-11-19-39)44-30-26-42(27-31-44)57-64-63-56(68-57)41-22-14-7-15-23-41/h5-6,8,10-14,16-35,46,48H,1,4,7,9,15,59H2,2-3H3/b62-55-. The zero-order valence-corrected chi connectivity index (χ0v) is 37.9. The first-order valence-electron chi connectivity index (χ1n) is 23.3. The Morgan fingerprint density at radius 2 is 1.38 bits per heavy atom. The van der Waals surface area contributed by atoms with Crippen LogP contribution in [0.4, 0.5) is 0 Å². The second kappa shape index (κ2) is 16.5. The number of hydrogen-bond acceptors (Lipinski definition) is 8. The third kappa shape index (κ3) is 6.99. The van der Waals surface area contributed by atoms with Crippen molar-refractivity contribution >= 4 is 46.0 Å². The zero-order valence-electron chi connectivity index (χ0n) is 37.9. The Bertz CT molecular complexity index is 3580. The predicted octanol–water partition coefficient (Wildman–Crippen LogP) is 11.0. The van der Waals surface area contributed by atoms with Gasteiger partial charge in [-0.3, -0.25) is 9.13 Å². The number of benzene rings is 5. The minimum Gasteiger partial charge on any atom is -0.437 e. The Balaban J connectivity index is 0.931. The van der Waals surface area contributed by atoms with E-state index in [2.05, 4.69) is 166 Å². The van der Waals surface area contributed by atoms with Gasteiger partial charge in [0.15, 0.2) is 0 Å². The van der Waals surface area contributed by atoms with Crippen LogP contribution in [0.1, 0.15) is 79.4 Å². The van der Waals surface area contributed by atoms with Crippen LogP contribution in [0.3, 0.4) is 0 Å². The van der Waals surface area contributed by atoms with Crippen molar-refractivity contribution in [2.24, 2.45) is 16.9 Å². The topological polar surface area (TPSA) is 122 Å². The summed E-state index contributed by atoms with van der Waals surface area (Å²) in [5.41, 5.74) is 12.0. The van der Waals surface area contributed by atoms with Crippen LogP contribution in [-0.2, 0) is 10.2 Å². The fourth-order valence-electron chi connectivity index (χ4n) is 10.3. The largest absolute Gasteiger partial charge is 0.437 e. The van der Waals surface area contributed by atoms with Crippen molar-refractivity contribution in [2.45, 2.75) is 50.9 Å². The molecule has 4 aliphatic carbocycles. The van der Waals surface area contributed by atoms with Crippen molar-refractivity contribution < 1.29 is 9.15 Å². The Kier molecular flexibility index (Phi) is 9.97. The number of imidazole rings is 2. The minimum absolute atomic E-state index is 0.109. The first kappa shape index (κ1) is 41.1. The van der Waals surface area contributed by atoms with Gasteiger partial charge in [-0.25, -0.2) is 9.97 Å². The molecule has 8 aromatic rings. The van der Waals surface area contributed by atoms with E-state index in [1.54, 1.807) is 0 Å². The quantitative estimate of drug-likeness (QED) is 0.0503. The average Bonchev–Trinajstić information content (AvgIpc) is 4.18. The van der Waals surface area contributed by atoms with Crippen molar-refractivity contribution in [3.8, 4) is 34.2 Å².